The van der Waals surface area contributed by atoms with Gasteiger partial charge in [-0.25, -0.2) is 0 Å². The van der Waals surface area contributed by atoms with Crippen molar-refractivity contribution in [1.82, 2.24) is 10.9 Å². The van der Waals surface area contributed by atoms with E-state index in [1.54, 1.807) is 54.6 Å². The molecule has 2 aromatic rings. The fraction of sp³-hybridized carbons (Fsp3) is 0.211. The van der Waals surface area contributed by atoms with Gasteiger partial charge >= 0.3 is 0 Å². The maximum absolute atomic E-state index is 12.0. The maximum Gasteiger partial charge on any atom is 0.269 e. The molecule has 0 saturated carbocycles. The summed E-state index contributed by atoms with van der Waals surface area (Å²) in [4.78, 5) is 35.6. The zero-order chi connectivity index (χ0) is 18.1. The quantitative estimate of drug-likeness (QED) is 0.707. The summed E-state index contributed by atoms with van der Waals surface area (Å²) in [6.07, 6.45) is 2.28. The van der Waals surface area contributed by atoms with Gasteiger partial charge in [0, 0.05) is 23.2 Å². The third-order valence-electron chi connectivity index (χ3n) is 3.51. The fourth-order valence-corrected chi connectivity index (χ4v) is 2.11. The summed E-state index contributed by atoms with van der Waals surface area (Å²) in [7, 11) is 0. The average Bonchev–Trinajstić information content (AvgIpc) is 2.65. The molecule has 0 heterocycles. The molecule has 3 N–H and O–H groups in total. The highest BCUT2D eigenvalue weighted by atomic mass is 16.2. The van der Waals surface area contributed by atoms with Crippen molar-refractivity contribution in [3.63, 3.8) is 0 Å². The van der Waals surface area contributed by atoms with E-state index >= 15 is 0 Å². The molecule has 0 aromatic heterocycles. The molecule has 0 saturated heterocycles. The fourth-order valence-electron chi connectivity index (χ4n) is 2.11. The molecule has 0 bridgehead atoms. The molecule has 0 aliphatic carbocycles. The van der Waals surface area contributed by atoms with Crippen molar-refractivity contribution in [3.8, 4) is 0 Å². The highest BCUT2D eigenvalue weighted by molar-refractivity contribution is 5.99. The number of hydrazine groups is 1. The molecule has 6 nitrogen and oxygen atoms in total. The third-order valence-corrected chi connectivity index (χ3v) is 3.51. The molecule has 3 amide bonds. The van der Waals surface area contributed by atoms with Crippen molar-refractivity contribution >= 4 is 23.4 Å². The Balaban J connectivity index is 1.85. The molecular formula is C19H21N3O3. The number of nitrogens with one attached hydrogen (secondary N) is 3. The minimum atomic E-state index is -0.437. The van der Waals surface area contributed by atoms with Gasteiger partial charge in [-0.3, -0.25) is 25.2 Å². The number of carbonyl (C=O) groups is 3. The number of amides is 3. The van der Waals surface area contributed by atoms with Crippen LogP contribution in [0.3, 0.4) is 0 Å². The van der Waals surface area contributed by atoms with E-state index in [1.165, 1.54) is 0 Å². The zero-order valence-corrected chi connectivity index (χ0v) is 14.0. The van der Waals surface area contributed by atoms with Crippen LogP contribution in [0.2, 0.25) is 0 Å². The predicted molar refractivity (Wildman–Crippen MR) is 96.0 cm³/mol. The van der Waals surface area contributed by atoms with Crippen LogP contribution >= 0.6 is 0 Å². The van der Waals surface area contributed by atoms with Crippen LogP contribution in [0, 0.1) is 0 Å². The molecule has 0 unspecified atom stereocenters. The Morgan fingerprint density at radius 3 is 1.92 bits per heavy atom. The van der Waals surface area contributed by atoms with Crippen LogP contribution in [-0.2, 0) is 4.79 Å². The summed E-state index contributed by atoms with van der Waals surface area (Å²) in [6, 6.07) is 15.1. The molecule has 0 radical (unpaired) electrons. The van der Waals surface area contributed by atoms with Gasteiger partial charge in [-0.05, 0) is 42.8 Å². The first-order valence-corrected chi connectivity index (χ1v) is 8.16. The predicted octanol–water partition coefficient (Wildman–Crippen LogP) is 2.89. The van der Waals surface area contributed by atoms with Gasteiger partial charge in [0.25, 0.3) is 11.8 Å². The Bertz CT molecular complexity index is 727. The minimum Gasteiger partial charge on any atom is -0.326 e. The van der Waals surface area contributed by atoms with Crippen molar-refractivity contribution in [2.75, 3.05) is 5.32 Å². The van der Waals surface area contributed by atoms with Crippen molar-refractivity contribution in [2.24, 2.45) is 0 Å². The summed E-state index contributed by atoms with van der Waals surface area (Å²) in [5.74, 6) is -0.879. The minimum absolute atomic E-state index is 0.0471. The lowest BCUT2D eigenvalue weighted by Crippen LogP contribution is -2.41. The first-order chi connectivity index (χ1) is 12.1. The van der Waals surface area contributed by atoms with Crippen LogP contribution in [0.1, 0.15) is 46.9 Å². The number of carbonyl (C=O) groups excluding carboxylic acids is 3. The summed E-state index contributed by atoms with van der Waals surface area (Å²) in [6.45, 7) is 2.03. The van der Waals surface area contributed by atoms with Gasteiger partial charge in [0.15, 0.2) is 0 Å². The Kier molecular flexibility index (Phi) is 6.71. The van der Waals surface area contributed by atoms with Crippen molar-refractivity contribution in [2.45, 2.75) is 26.2 Å². The van der Waals surface area contributed by atoms with Crippen molar-refractivity contribution in [1.29, 1.82) is 0 Å². The Hall–Kier alpha value is -3.15. The maximum atomic E-state index is 12.0. The van der Waals surface area contributed by atoms with Gasteiger partial charge in [0.05, 0.1) is 0 Å². The first kappa shape index (κ1) is 18.2. The largest absolute Gasteiger partial charge is 0.326 e. The van der Waals surface area contributed by atoms with E-state index in [0.29, 0.717) is 23.2 Å². The van der Waals surface area contributed by atoms with E-state index in [-0.39, 0.29) is 5.91 Å². The lowest BCUT2D eigenvalue weighted by Gasteiger charge is -2.08. The molecule has 130 valence electrons. The second-order valence-electron chi connectivity index (χ2n) is 5.50. The van der Waals surface area contributed by atoms with Crippen LogP contribution < -0.4 is 16.2 Å². The molecule has 0 spiro atoms. The second kappa shape index (κ2) is 9.22. The Morgan fingerprint density at radius 2 is 1.36 bits per heavy atom. The van der Waals surface area contributed by atoms with Gasteiger partial charge in [0.2, 0.25) is 5.91 Å². The second-order valence-corrected chi connectivity index (χ2v) is 5.50. The molecule has 2 aromatic carbocycles. The SMILES string of the molecule is CCCCC(=O)Nc1ccc(C(=O)NNC(=O)c2ccccc2)cc1. The van der Waals surface area contributed by atoms with E-state index in [1.807, 2.05) is 6.92 Å². The number of hydrogen-bond donors (Lipinski definition) is 3. The molecule has 0 atom stereocenters. The molecule has 0 aliphatic rings. The Labute approximate surface area is 146 Å². The molecular weight excluding hydrogens is 318 g/mol. The molecule has 6 heteroatoms. The van der Waals surface area contributed by atoms with Crippen LogP contribution in [0.15, 0.2) is 54.6 Å². The Morgan fingerprint density at radius 1 is 0.800 bits per heavy atom. The molecule has 0 aliphatic heterocycles. The molecule has 2 rings (SSSR count). The number of benzene rings is 2. The van der Waals surface area contributed by atoms with Crippen molar-refractivity contribution in [3.05, 3.63) is 65.7 Å². The lowest BCUT2D eigenvalue weighted by molar-refractivity contribution is -0.116. The van der Waals surface area contributed by atoms with E-state index in [2.05, 4.69) is 16.2 Å². The summed E-state index contributed by atoms with van der Waals surface area (Å²) < 4.78 is 0. The van der Waals surface area contributed by atoms with E-state index < -0.39 is 11.8 Å². The number of hydrogen-bond acceptors (Lipinski definition) is 3. The smallest absolute Gasteiger partial charge is 0.269 e. The van der Waals surface area contributed by atoms with E-state index in [9.17, 15) is 14.4 Å². The highest BCUT2D eigenvalue weighted by Crippen LogP contribution is 2.10. The molecule has 25 heavy (non-hydrogen) atoms. The summed E-state index contributed by atoms with van der Waals surface area (Å²) >= 11 is 0. The number of rotatable bonds is 6. The first-order valence-electron chi connectivity index (χ1n) is 8.16. The van der Waals surface area contributed by atoms with Crippen LogP contribution in [0.5, 0.6) is 0 Å². The standard InChI is InChI=1S/C19H21N3O3/c1-2-3-9-17(23)20-16-12-10-15(11-13-16)19(25)22-21-18(24)14-7-5-4-6-8-14/h4-8,10-13H,2-3,9H2,1H3,(H,20,23)(H,21,24)(H,22,25). The average molecular weight is 339 g/mol. The number of anilines is 1. The van der Waals surface area contributed by atoms with Crippen molar-refractivity contribution < 1.29 is 14.4 Å². The van der Waals surface area contributed by atoms with Gasteiger partial charge < -0.3 is 5.32 Å². The van der Waals surface area contributed by atoms with Crippen LogP contribution in [0.4, 0.5) is 5.69 Å². The van der Waals surface area contributed by atoms with Gasteiger partial charge in [-0.1, -0.05) is 31.5 Å². The zero-order valence-electron chi connectivity index (χ0n) is 14.0. The van der Waals surface area contributed by atoms with Crippen LogP contribution in [0.25, 0.3) is 0 Å². The topological polar surface area (TPSA) is 87.3 Å². The summed E-state index contributed by atoms with van der Waals surface area (Å²) in [5.41, 5.74) is 6.18. The van der Waals surface area contributed by atoms with Gasteiger partial charge in [0.1, 0.15) is 0 Å². The monoisotopic (exact) mass is 339 g/mol. The van der Waals surface area contributed by atoms with Gasteiger partial charge in [-0.2, -0.15) is 0 Å². The lowest BCUT2D eigenvalue weighted by atomic mass is 10.2. The highest BCUT2D eigenvalue weighted by Gasteiger charge is 2.09. The van der Waals surface area contributed by atoms with E-state index in [0.717, 1.165) is 12.8 Å². The summed E-state index contributed by atoms with van der Waals surface area (Å²) in [5, 5.41) is 2.77. The van der Waals surface area contributed by atoms with Gasteiger partial charge in [-0.15, -0.1) is 0 Å². The normalized spacial score (nSPS) is 9.96. The van der Waals surface area contributed by atoms with E-state index in [4.69, 9.17) is 0 Å². The third kappa shape index (κ3) is 5.76. The number of unbranched alkanes of at least 4 members (excludes halogenated alkanes) is 1. The van der Waals surface area contributed by atoms with Crippen LogP contribution in [-0.4, -0.2) is 17.7 Å². The molecule has 0 fully saturated rings.